The summed E-state index contributed by atoms with van der Waals surface area (Å²) in [7, 11) is 1.97. The number of benzene rings is 1. The molecule has 2 atom stereocenters. The highest BCUT2D eigenvalue weighted by Crippen LogP contribution is 2.31. The molecule has 2 N–H and O–H groups in total. The van der Waals surface area contributed by atoms with Crippen molar-refractivity contribution in [2.45, 2.75) is 6.04 Å². The first-order valence-electron chi connectivity index (χ1n) is 5.35. The van der Waals surface area contributed by atoms with Gasteiger partial charge in [-0.15, -0.1) is 0 Å². The number of nitrogens with zero attached hydrogens (tertiary/aromatic N) is 2. The number of aliphatic hydroxyl groups excluding tert-OH is 1. The molecule has 0 radical (unpaired) electrons. The van der Waals surface area contributed by atoms with Crippen molar-refractivity contribution in [3.8, 4) is 0 Å². The Kier molecular flexibility index (Phi) is 3.22. The third kappa shape index (κ3) is 1.81. The molecule has 0 bridgehead atoms. The van der Waals surface area contributed by atoms with Gasteiger partial charge in [-0.05, 0) is 12.6 Å². The third-order valence-corrected chi connectivity index (χ3v) is 3.10. The molecular formula is C12H16N2O2. The summed E-state index contributed by atoms with van der Waals surface area (Å²) in [6.45, 7) is 0.739. The van der Waals surface area contributed by atoms with E-state index in [2.05, 4.69) is 10.1 Å². The summed E-state index contributed by atoms with van der Waals surface area (Å²) >= 11 is 0. The molecule has 16 heavy (non-hydrogen) atoms. The van der Waals surface area contributed by atoms with Crippen LogP contribution >= 0.6 is 0 Å². The van der Waals surface area contributed by atoms with Crippen molar-refractivity contribution in [3.05, 3.63) is 35.9 Å². The zero-order chi connectivity index (χ0) is 11.5. The van der Waals surface area contributed by atoms with Gasteiger partial charge in [0.2, 0.25) is 0 Å². The normalized spacial score (nSPS) is 28.8. The van der Waals surface area contributed by atoms with Crippen LogP contribution in [0.2, 0.25) is 0 Å². The van der Waals surface area contributed by atoms with Crippen LogP contribution in [0.25, 0.3) is 0 Å². The Morgan fingerprint density at radius 3 is 2.62 bits per heavy atom. The van der Waals surface area contributed by atoms with E-state index in [4.69, 9.17) is 5.21 Å². The smallest absolute Gasteiger partial charge is 0.0853 e. The molecule has 1 aromatic carbocycles. The first kappa shape index (κ1) is 11.1. The predicted molar refractivity (Wildman–Crippen MR) is 61.6 cm³/mol. The fourth-order valence-corrected chi connectivity index (χ4v) is 2.34. The minimum Gasteiger partial charge on any atom is -0.411 e. The Labute approximate surface area is 94.8 Å². The van der Waals surface area contributed by atoms with Crippen molar-refractivity contribution < 1.29 is 10.3 Å². The van der Waals surface area contributed by atoms with Gasteiger partial charge in [0.15, 0.2) is 0 Å². The molecule has 0 saturated carbocycles. The molecule has 0 spiro atoms. The highest BCUT2D eigenvalue weighted by atomic mass is 16.4. The summed E-state index contributed by atoms with van der Waals surface area (Å²) in [5.74, 6) is -0.0693. The Balaban J connectivity index is 2.34. The predicted octanol–water partition coefficient (Wildman–Crippen LogP) is 1.11. The van der Waals surface area contributed by atoms with Crippen molar-refractivity contribution in [2.24, 2.45) is 11.1 Å². The van der Waals surface area contributed by atoms with Crippen molar-refractivity contribution in [3.63, 3.8) is 0 Å². The summed E-state index contributed by atoms with van der Waals surface area (Å²) in [4.78, 5) is 2.09. The van der Waals surface area contributed by atoms with E-state index in [0.717, 1.165) is 12.1 Å². The van der Waals surface area contributed by atoms with Crippen LogP contribution in [0.5, 0.6) is 0 Å². The molecule has 1 saturated heterocycles. The first-order valence-corrected chi connectivity index (χ1v) is 5.35. The van der Waals surface area contributed by atoms with Gasteiger partial charge in [-0.3, -0.25) is 4.90 Å². The monoisotopic (exact) mass is 220 g/mol. The fourth-order valence-electron chi connectivity index (χ4n) is 2.34. The molecule has 0 aromatic heterocycles. The second-order valence-corrected chi connectivity index (χ2v) is 4.16. The lowest BCUT2D eigenvalue weighted by Crippen LogP contribution is -2.21. The van der Waals surface area contributed by atoms with Crippen molar-refractivity contribution in [1.82, 2.24) is 4.90 Å². The highest BCUT2D eigenvalue weighted by Gasteiger charge is 2.37. The van der Waals surface area contributed by atoms with Crippen molar-refractivity contribution >= 4 is 5.71 Å². The van der Waals surface area contributed by atoms with Crippen LogP contribution in [0.3, 0.4) is 0 Å². The SMILES string of the molecule is CN1C[C@@H](CO)/C(=N\O)[C@@H]1c1ccccc1. The van der Waals surface area contributed by atoms with E-state index < -0.39 is 0 Å². The van der Waals surface area contributed by atoms with Crippen molar-refractivity contribution in [2.75, 3.05) is 20.2 Å². The van der Waals surface area contributed by atoms with E-state index in [1.54, 1.807) is 0 Å². The van der Waals surface area contributed by atoms with E-state index in [1.807, 2.05) is 37.4 Å². The zero-order valence-corrected chi connectivity index (χ0v) is 9.24. The molecule has 0 amide bonds. The Morgan fingerprint density at radius 1 is 1.38 bits per heavy atom. The van der Waals surface area contributed by atoms with Gasteiger partial charge in [-0.25, -0.2) is 0 Å². The molecule has 0 aliphatic carbocycles. The van der Waals surface area contributed by atoms with Crippen LogP contribution in [0.1, 0.15) is 11.6 Å². The minimum atomic E-state index is -0.0693. The van der Waals surface area contributed by atoms with Gasteiger partial charge in [0, 0.05) is 12.5 Å². The van der Waals surface area contributed by atoms with Crippen LogP contribution in [0.4, 0.5) is 0 Å². The van der Waals surface area contributed by atoms with Gasteiger partial charge in [-0.1, -0.05) is 35.5 Å². The molecule has 1 fully saturated rings. The Morgan fingerprint density at radius 2 is 2.06 bits per heavy atom. The lowest BCUT2D eigenvalue weighted by molar-refractivity contribution is 0.237. The van der Waals surface area contributed by atoms with Gasteiger partial charge >= 0.3 is 0 Å². The van der Waals surface area contributed by atoms with Crippen LogP contribution < -0.4 is 0 Å². The standard InChI is InChI=1S/C12H16N2O2/c1-14-7-10(8-15)11(13-16)12(14)9-5-3-2-4-6-9/h2-6,10,12,15-16H,7-8H2,1H3/b13-11+/t10-,12-/m0/s1. The molecule has 1 heterocycles. The van der Waals surface area contributed by atoms with Crippen LogP contribution in [-0.4, -0.2) is 41.1 Å². The largest absolute Gasteiger partial charge is 0.411 e. The van der Waals surface area contributed by atoms with Crippen molar-refractivity contribution in [1.29, 1.82) is 0 Å². The van der Waals surface area contributed by atoms with Gasteiger partial charge in [0.05, 0.1) is 18.4 Å². The summed E-state index contributed by atoms with van der Waals surface area (Å²) in [5, 5.41) is 21.7. The van der Waals surface area contributed by atoms with Gasteiger partial charge in [-0.2, -0.15) is 0 Å². The maximum Gasteiger partial charge on any atom is 0.0853 e. The molecule has 4 heteroatoms. The maximum atomic E-state index is 9.23. The molecule has 86 valence electrons. The van der Waals surface area contributed by atoms with Gasteiger partial charge < -0.3 is 10.3 Å². The lowest BCUT2D eigenvalue weighted by atomic mass is 9.98. The minimum absolute atomic E-state index is 0.0209. The topological polar surface area (TPSA) is 56.1 Å². The van der Waals surface area contributed by atoms with Gasteiger partial charge in [0.1, 0.15) is 0 Å². The molecular weight excluding hydrogens is 204 g/mol. The van der Waals surface area contributed by atoms with Crippen LogP contribution in [0.15, 0.2) is 35.5 Å². The van der Waals surface area contributed by atoms with Crippen LogP contribution in [-0.2, 0) is 0 Å². The fraction of sp³-hybridized carbons (Fsp3) is 0.417. The Hall–Kier alpha value is -1.39. The lowest BCUT2D eigenvalue weighted by Gasteiger charge is -2.19. The highest BCUT2D eigenvalue weighted by molar-refractivity contribution is 5.94. The van der Waals surface area contributed by atoms with E-state index in [-0.39, 0.29) is 18.6 Å². The molecule has 2 rings (SSSR count). The quantitative estimate of drug-likeness (QED) is 0.580. The average Bonchev–Trinajstić information content (AvgIpc) is 2.66. The summed E-state index contributed by atoms with van der Waals surface area (Å²) in [5.41, 5.74) is 1.74. The molecule has 1 aliphatic rings. The summed E-state index contributed by atoms with van der Waals surface area (Å²) < 4.78 is 0. The average molecular weight is 220 g/mol. The maximum absolute atomic E-state index is 9.23. The number of rotatable bonds is 2. The number of hydrogen-bond donors (Lipinski definition) is 2. The third-order valence-electron chi connectivity index (χ3n) is 3.10. The van der Waals surface area contributed by atoms with E-state index >= 15 is 0 Å². The first-order chi connectivity index (χ1) is 7.77. The Bertz CT molecular complexity index is 378. The second kappa shape index (κ2) is 4.63. The molecule has 1 aliphatic heterocycles. The molecule has 1 aromatic rings. The van der Waals surface area contributed by atoms with Gasteiger partial charge in [0.25, 0.3) is 0 Å². The summed E-state index contributed by atoms with van der Waals surface area (Å²) in [6.07, 6.45) is 0. The molecule has 0 unspecified atom stereocenters. The number of oxime groups is 1. The number of hydrogen-bond acceptors (Lipinski definition) is 4. The second-order valence-electron chi connectivity index (χ2n) is 4.16. The number of aliphatic hydroxyl groups is 1. The van der Waals surface area contributed by atoms with E-state index in [1.165, 1.54) is 0 Å². The van der Waals surface area contributed by atoms with E-state index in [0.29, 0.717) is 5.71 Å². The van der Waals surface area contributed by atoms with Crippen LogP contribution in [0, 0.1) is 5.92 Å². The molecule has 4 nitrogen and oxygen atoms in total. The number of likely N-dealkylation sites (tertiary alicyclic amines) is 1. The zero-order valence-electron chi connectivity index (χ0n) is 9.24. The summed E-state index contributed by atoms with van der Waals surface area (Å²) in [6, 6.07) is 9.87. The van der Waals surface area contributed by atoms with E-state index in [9.17, 15) is 5.11 Å².